The van der Waals surface area contributed by atoms with Gasteiger partial charge in [-0.1, -0.05) is 0 Å². The van der Waals surface area contributed by atoms with Crippen LogP contribution in [0.4, 0.5) is 10.5 Å². The third-order valence-corrected chi connectivity index (χ3v) is 2.14. The van der Waals surface area contributed by atoms with Crippen LogP contribution in [0.1, 0.15) is 17.4 Å². The topological polar surface area (TPSA) is 103 Å². The molecule has 18 heavy (non-hydrogen) atoms. The Kier molecular flexibility index (Phi) is 4.61. The molecule has 7 nitrogen and oxygen atoms in total. The van der Waals surface area contributed by atoms with Gasteiger partial charge in [0.1, 0.15) is 0 Å². The third kappa shape index (κ3) is 3.70. The molecule has 2 amide bonds. The lowest BCUT2D eigenvalue weighted by Gasteiger charge is -2.19. The van der Waals surface area contributed by atoms with Crippen molar-refractivity contribution in [2.75, 3.05) is 18.9 Å². The van der Waals surface area contributed by atoms with Crippen molar-refractivity contribution < 1.29 is 19.8 Å². The van der Waals surface area contributed by atoms with E-state index in [2.05, 4.69) is 10.3 Å². The first-order chi connectivity index (χ1) is 8.41. The molecule has 0 spiro atoms. The van der Waals surface area contributed by atoms with Crippen LogP contribution in [0.15, 0.2) is 18.3 Å². The summed E-state index contributed by atoms with van der Waals surface area (Å²) < 4.78 is 0. The molecule has 1 atom stereocenters. The second kappa shape index (κ2) is 5.97. The number of carboxylic acid groups (broad SMARTS) is 1. The van der Waals surface area contributed by atoms with Crippen LogP contribution in [0.25, 0.3) is 0 Å². The zero-order valence-corrected chi connectivity index (χ0v) is 10.1. The SMILES string of the molecule is CC(O)CN(C)C(=O)Nc1cccnc1C(=O)O. The predicted molar refractivity (Wildman–Crippen MR) is 64.5 cm³/mol. The Morgan fingerprint density at radius 1 is 1.56 bits per heavy atom. The number of aromatic carboxylic acids is 1. The number of aromatic nitrogens is 1. The molecule has 1 rings (SSSR count). The van der Waals surface area contributed by atoms with Gasteiger partial charge in [0.15, 0.2) is 5.69 Å². The minimum atomic E-state index is -1.22. The summed E-state index contributed by atoms with van der Waals surface area (Å²) in [4.78, 5) is 27.5. The summed E-state index contributed by atoms with van der Waals surface area (Å²) in [6.07, 6.45) is 0.673. The number of hydrogen-bond donors (Lipinski definition) is 3. The van der Waals surface area contributed by atoms with E-state index in [4.69, 9.17) is 10.2 Å². The van der Waals surface area contributed by atoms with Crippen LogP contribution in [-0.2, 0) is 0 Å². The second-order valence-electron chi connectivity index (χ2n) is 3.86. The standard InChI is InChI=1S/C11H15N3O4/c1-7(15)6-14(2)11(18)13-8-4-3-5-12-9(8)10(16)17/h3-5,7,15H,6H2,1-2H3,(H,13,18)(H,16,17). The summed E-state index contributed by atoms with van der Waals surface area (Å²) in [5.74, 6) is -1.22. The van der Waals surface area contributed by atoms with Gasteiger partial charge < -0.3 is 20.4 Å². The zero-order chi connectivity index (χ0) is 13.7. The highest BCUT2D eigenvalue weighted by Crippen LogP contribution is 2.12. The molecule has 0 bridgehead atoms. The molecule has 0 aliphatic carbocycles. The molecule has 0 aliphatic rings. The van der Waals surface area contributed by atoms with Crippen molar-refractivity contribution in [2.24, 2.45) is 0 Å². The van der Waals surface area contributed by atoms with Crippen molar-refractivity contribution in [3.05, 3.63) is 24.0 Å². The molecular weight excluding hydrogens is 238 g/mol. The molecule has 0 fully saturated rings. The van der Waals surface area contributed by atoms with Crippen LogP contribution in [0.3, 0.4) is 0 Å². The van der Waals surface area contributed by atoms with Gasteiger partial charge in [-0.05, 0) is 19.1 Å². The van der Waals surface area contributed by atoms with Gasteiger partial charge in [-0.3, -0.25) is 0 Å². The molecule has 1 heterocycles. The molecule has 0 saturated carbocycles. The Hall–Kier alpha value is -2.15. The lowest BCUT2D eigenvalue weighted by molar-refractivity contribution is 0.0691. The Morgan fingerprint density at radius 3 is 2.78 bits per heavy atom. The van der Waals surface area contributed by atoms with Crippen LogP contribution in [0, 0.1) is 0 Å². The van der Waals surface area contributed by atoms with E-state index in [9.17, 15) is 9.59 Å². The van der Waals surface area contributed by atoms with E-state index in [0.29, 0.717) is 0 Å². The minimum Gasteiger partial charge on any atom is -0.476 e. The molecule has 1 aromatic heterocycles. The highest BCUT2D eigenvalue weighted by atomic mass is 16.4. The maximum Gasteiger partial charge on any atom is 0.356 e. The maximum absolute atomic E-state index is 11.7. The van der Waals surface area contributed by atoms with Gasteiger partial charge in [0.25, 0.3) is 0 Å². The number of amides is 2. The number of nitrogens with one attached hydrogen (secondary N) is 1. The quantitative estimate of drug-likeness (QED) is 0.730. The number of pyridine rings is 1. The average molecular weight is 253 g/mol. The first-order valence-corrected chi connectivity index (χ1v) is 5.30. The first kappa shape index (κ1) is 13.9. The smallest absolute Gasteiger partial charge is 0.356 e. The Labute approximate surface area is 104 Å². The molecule has 0 aliphatic heterocycles. The van der Waals surface area contributed by atoms with E-state index >= 15 is 0 Å². The molecular formula is C11H15N3O4. The largest absolute Gasteiger partial charge is 0.476 e. The van der Waals surface area contributed by atoms with E-state index in [0.717, 1.165) is 0 Å². The van der Waals surface area contributed by atoms with Crippen LogP contribution >= 0.6 is 0 Å². The van der Waals surface area contributed by atoms with Gasteiger partial charge in [-0.15, -0.1) is 0 Å². The maximum atomic E-state index is 11.7. The number of hydrogen-bond acceptors (Lipinski definition) is 4. The zero-order valence-electron chi connectivity index (χ0n) is 10.1. The number of nitrogens with zero attached hydrogens (tertiary/aromatic N) is 2. The van der Waals surface area contributed by atoms with Crippen LogP contribution in [0.5, 0.6) is 0 Å². The molecule has 7 heteroatoms. The van der Waals surface area contributed by atoms with E-state index < -0.39 is 18.1 Å². The lowest BCUT2D eigenvalue weighted by Crippen LogP contribution is -2.36. The highest BCUT2D eigenvalue weighted by molar-refractivity contribution is 5.98. The number of likely N-dealkylation sites (N-methyl/N-ethyl adjacent to an activating group) is 1. The summed E-state index contributed by atoms with van der Waals surface area (Å²) in [6.45, 7) is 1.70. The van der Waals surface area contributed by atoms with E-state index in [-0.39, 0.29) is 17.9 Å². The van der Waals surface area contributed by atoms with Gasteiger partial charge in [0, 0.05) is 19.8 Å². The molecule has 0 aromatic carbocycles. The van der Waals surface area contributed by atoms with E-state index in [1.165, 1.54) is 30.3 Å². The minimum absolute atomic E-state index is 0.118. The van der Waals surface area contributed by atoms with Crippen molar-refractivity contribution >= 4 is 17.7 Å². The Balaban J connectivity index is 2.79. The molecule has 98 valence electrons. The number of rotatable bonds is 4. The lowest BCUT2D eigenvalue weighted by atomic mass is 10.3. The van der Waals surface area contributed by atoms with Crippen molar-refractivity contribution in [1.82, 2.24) is 9.88 Å². The predicted octanol–water partition coefficient (Wildman–Crippen LogP) is 0.624. The molecule has 0 saturated heterocycles. The number of aliphatic hydroxyl groups is 1. The number of urea groups is 1. The van der Waals surface area contributed by atoms with Crippen LogP contribution in [0.2, 0.25) is 0 Å². The van der Waals surface area contributed by atoms with Crippen molar-refractivity contribution in [3.63, 3.8) is 0 Å². The average Bonchev–Trinajstić information content (AvgIpc) is 2.28. The third-order valence-electron chi connectivity index (χ3n) is 2.14. The summed E-state index contributed by atoms with van der Waals surface area (Å²) in [5.41, 5.74) is -0.108. The van der Waals surface area contributed by atoms with E-state index in [1.807, 2.05) is 0 Å². The van der Waals surface area contributed by atoms with Crippen molar-refractivity contribution in [1.29, 1.82) is 0 Å². The number of carbonyl (C=O) groups is 2. The number of aliphatic hydroxyl groups excluding tert-OH is 1. The molecule has 3 N–H and O–H groups in total. The fraction of sp³-hybridized carbons (Fsp3) is 0.364. The fourth-order valence-electron chi connectivity index (χ4n) is 1.37. The van der Waals surface area contributed by atoms with Gasteiger partial charge in [-0.25, -0.2) is 14.6 Å². The van der Waals surface area contributed by atoms with Crippen LogP contribution < -0.4 is 5.32 Å². The Bertz CT molecular complexity index is 448. The van der Waals surface area contributed by atoms with Gasteiger partial charge in [-0.2, -0.15) is 0 Å². The van der Waals surface area contributed by atoms with Gasteiger partial charge >= 0.3 is 12.0 Å². The summed E-state index contributed by atoms with van der Waals surface area (Å²) in [5, 5.41) is 20.5. The molecule has 0 radical (unpaired) electrons. The number of anilines is 1. The second-order valence-corrected chi connectivity index (χ2v) is 3.86. The van der Waals surface area contributed by atoms with Crippen molar-refractivity contribution in [2.45, 2.75) is 13.0 Å². The molecule has 1 unspecified atom stereocenters. The van der Waals surface area contributed by atoms with E-state index in [1.54, 1.807) is 6.92 Å². The fourth-order valence-corrected chi connectivity index (χ4v) is 1.37. The summed E-state index contributed by atoms with van der Waals surface area (Å²) in [6, 6.07) is 2.47. The summed E-state index contributed by atoms with van der Waals surface area (Å²) in [7, 11) is 1.50. The highest BCUT2D eigenvalue weighted by Gasteiger charge is 2.16. The monoisotopic (exact) mass is 253 g/mol. The van der Waals surface area contributed by atoms with Gasteiger partial charge in [0.05, 0.1) is 11.8 Å². The summed E-state index contributed by atoms with van der Waals surface area (Å²) >= 11 is 0. The number of carboxylic acids is 1. The number of carbonyl (C=O) groups excluding carboxylic acids is 1. The van der Waals surface area contributed by atoms with Crippen molar-refractivity contribution in [3.8, 4) is 0 Å². The first-order valence-electron chi connectivity index (χ1n) is 5.30. The van der Waals surface area contributed by atoms with Gasteiger partial charge in [0.2, 0.25) is 0 Å². The molecule has 1 aromatic rings. The van der Waals surface area contributed by atoms with Crippen LogP contribution in [-0.4, -0.2) is 51.8 Å². The Morgan fingerprint density at radius 2 is 2.22 bits per heavy atom. The normalized spacial score (nSPS) is 11.7.